The highest BCUT2D eigenvalue weighted by atomic mass is 16.7. The minimum Gasteiger partial charge on any atom is -0.507 e. The SMILES string of the molecule is CCc1c(OC)cc2c(c1O)C(=O)C[C@@]1(OC)O[C@@H](C(=O)OC)C[C@@]21O. The van der Waals surface area contributed by atoms with Crippen LogP contribution in [0.1, 0.15) is 41.3 Å². The van der Waals surface area contributed by atoms with Gasteiger partial charge >= 0.3 is 5.97 Å². The van der Waals surface area contributed by atoms with Crippen LogP contribution in [0.5, 0.6) is 11.5 Å². The van der Waals surface area contributed by atoms with Crippen molar-refractivity contribution in [1.82, 2.24) is 0 Å². The van der Waals surface area contributed by atoms with E-state index in [0.29, 0.717) is 17.7 Å². The van der Waals surface area contributed by atoms with E-state index in [0.717, 1.165) is 0 Å². The average molecular weight is 366 g/mol. The molecule has 0 radical (unpaired) electrons. The molecule has 0 amide bonds. The number of ether oxygens (including phenoxy) is 4. The van der Waals surface area contributed by atoms with Gasteiger partial charge in [-0.3, -0.25) is 4.79 Å². The Kier molecular flexibility index (Phi) is 4.46. The van der Waals surface area contributed by atoms with Gasteiger partial charge < -0.3 is 29.2 Å². The maximum atomic E-state index is 12.8. The molecule has 8 nitrogen and oxygen atoms in total. The van der Waals surface area contributed by atoms with Gasteiger partial charge in [0.1, 0.15) is 17.1 Å². The number of benzene rings is 1. The van der Waals surface area contributed by atoms with E-state index in [-0.39, 0.29) is 29.7 Å². The molecule has 142 valence electrons. The largest absolute Gasteiger partial charge is 0.507 e. The van der Waals surface area contributed by atoms with E-state index in [1.165, 1.54) is 27.4 Å². The van der Waals surface area contributed by atoms with Gasteiger partial charge in [-0.1, -0.05) is 6.92 Å². The van der Waals surface area contributed by atoms with Crippen molar-refractivity contribution in [2.45, 2.75) is 43.7 Å². The van der Waals surface area contributed by atoms with Crippen LogP contribution in [0.3, 0.4) is 0 Å². The fourth-order valence-electron chi connectivity index (χ4n) is 3.97. The highest BCUT2D eigenvalue weighted by Crippen LogP contribution is 2.56. The number of phenolic OH excluding ortho intramolecular Hbond substituents is 1. The number of ketones is 1. The second-order valence-electron chi connectivity index (χ2n) is 6.43. The van der Waals surface area contributed by atoms with Gasteiger partial charge in [0.2, 0.25) is 5.79 Å². The lowest BCUT2D eigenvalue weighted by atomic mass is 9.72. The summed E-state index contributed by atoms with van der Waals surface area (Å²) in [6.45, 7) is 1.82. The Hall–Kier alpha value is -2.16. The molecule has 1 aromatic rings. The second-order valence-corrected chi connectivity index (χ2v) is 6.43. The Balaban J connectivity index is 2.26. The molecule has 2 aliphatic rings. The number of hydrogen-bond acceptors (Lipinski definition) is 8. The molecule has 1 fully saturated rings. The van der Waals surface area contributed by atoms with Crippen molar-refractivity contribution < 1.29 is 38.7 Å². The van der Waals surface area contributed by atoms with Gasteiger partial charge in [0, 0.05) is 24.7 Å². The molecular formula is C18H22O8. The predicted octanol–water partition coefficient (Wildman–Crippen LogP) is 1.04. The van der Waals surface area contributed by atoms with Crippen molar-refractivity contribution in [2.75, 3.05) is 21.3 Å². The van der Waals surface area contributed by atoms with Crippen LogP contribution in [0.4, 0.5) is 0 Å². The summed E-state index contributed by atoms with van der Waals surface area (Å²) in [5.41, 5.74) is -1.24. The van der Waals surface area contributed by atoms with Crippen LogP contribution < -0.4 is 4.74 Å². The lowest BCUT2D eigenvalue weighted by molar-refractivity contribution is -0.281. The lowest BCUT2D eigenvalue weighted by Crippen LogP contribution is -2.55. The number of rotatable bonds is 4. The summed E-state index contributed by atoms with van der Waals surface area (Å²) in [5, 5.41) is 22.1. The number of aliphatic hydroxyl groups is 1. The second kappa shape index (κ2) is 6.22. The van der Waals surface area contributed by atoms with Crippen LogP contribution in [0.25, 0.3) is 0 Å². The highest BCUT2D eigenvalue weighted by Gasteiger charge is 2.67. The molecule has 0 unspecified atom stereocenters. The van der Waals surface area contributed by atoms with Gasteiger partial charge in [-0.05, 0) is 12.5 Å². The van der Waals surface area contributed by atoms with E-state index in [2.05, 4.69) is 0 Å². The van der Waals surface area contributed by atoms with E-state index in [1.807, 2.05) is 6.92 Å². The number of aromatic hydroxyl groups is 1. The number of esters is 1. The normalized spacial score (nSPS) is 29.9. The molecule has 1 heterocycles. The first-order valence-electron chi connectivity index (χ1n) is 8.28. The number of carbonyl (C=O) groups is 2. The molecule has 26 heavy (non-hydrogen) atoms. The number of carbonyl (C=O) groups excluding carboxylic acids is 2. The molecule has 0 spiro atoms. The van der Waals surface area contributed by atoms with E-state index in [1.54, 1.807) is 0 Å². The molecule has 1 aliphatic heterocycles. The summed E-state index contributed by atoms with van der Waals surface area (Å²) in [6.07, 6.45) is -1.20. The number of Topliss-reactive ketones (excluding diaryl/α,β-unsaturated/α-hetero) is 1. The molecule has 0 saturated carbocycles. The van der Waals surface area contributed by atoms with Gasteiger partial charge in [-0.15, -0.1) is 0 Å². The number of methoxy groups -OCH3 is 3. The number of fused-ring (bicyclic) bond motifs is 3. The zero-order valence-corrected chi connectivity index (χ0v) is 15.1. The van der Waals surface area contributed by atoms with Crippen molar-refractivity contribution in [1.29, 1.82) is 0 Å². The van der Waals surface area contributed by atoms with Gasteiger partial charge in [0.25, 0.3) is 0 Å². The van der Waals surface area contributed by atoms with Crippen LogP contribution in [-0.2, 0) is 31.0 Å². The van der Waals surface area contributed by atoms with Crippen LogP contribution in [0.15, 0.2) is 6.07 Å². The first-order chi connectivity index (χ1) is 12.3. The van der Waals surface area contributed by atoms with Gasteiger partial charge in [0.15, 0.2) is 11.9 Å². The van der Waals surface area contributed by atoms with Gasteiger partial charge in [-0.2, -0.15) is 0 Å². The van der Waals surface area contributed by atoms with Crippen molar-refractivity contribution >= 4 is 11.8 Å². The maximum Gasteiger partial charge on any atom is 0.335 e. The number of hydrogen-bond donors (Lipinski definition) is 2. The Bertz CT molecular complexity index is 773. The molecule has 3 rings (SSSR count). The average Bonchev–Trinajstić information content (AvgIpc) is 2.94. The molecule has 1 aliphatic carbocycles. The van der Waals surface area contributed by atoms with E-state index in [4.69, 9.17) is 18.9 Å². The monoisotopic (exact) mass is 366 g/mol. The third kappa shape index (κ3) is 2.26. The lowest BCUT2D eigenvalue weighted by Gasteiger charge is -2.43. The summed E-state index contributed by atoms with van der Waals surface area (Å²) < 4.78 is 21.1. The van der Waals surface area contributed by atoms with E-state index < -0.39 is 29.2 Å². The Morgan fingerprint density at radius 3 is 2.62 bits per heavy atom. The minimum atomic E-state index is -1.83. The van der Waals surface area contributed by atoms with Gasteiger partial charge in [0.05, 0.1) is 26.2 Å². The Labute approximate surface area is 150 Å². The van der Waals surface area contributed by atoms with E-state index in [9.17, 15) is 19.8 Å². The Morgan fingerprint density at radius 2 is 2.08 bits per heavy atom. The summed E-state index contributed by atoms with van der Waals surface area (Å²) in [7, 11) is 3.93. The standard InChI is InChI=1S/C18H22O8/c1-5-9-12(23-2)6-10-14(15(9)20)11(19)7-18(25-4)17(10,22)8-13(26-18)16(21)24-3/h6,13,20,22H,5,7-8H2,1-4H3/t13-,17-,18-/m1/s1. The quantitative estimate of drug-likeness (QED) is 0.761. The zero-order chi connectivity index (χ0) is 19.3. The summed E-state index contributed by atoms with van der Waals surface area (Å²) in [4.78, 5) is 24.7. The predicted molar refractivity (Wildman–Crippen MR) is 88.1 cm³/mol. The number of phenols is 1. The fraction of sp³-hybridized carbons (Fsp3) is 0.556. The van der Waals surface area contributed by atoms with Crippen LogP contribution in [0.2, 0.25) is 0 Å². The van der Waals surface area contributed by atoms with Crippen molar-refractivity contribution in [2.24, 2.45) is 0 Å². The molecule has 0 bridgehead atoms. The van der Waals surface area contributed by atoms with Crippen LogP contribution >= 0.6 is 0 Å². The molecule has 2 N–H and O–H groups in total. The molecule has 1 aromatic carbocycles. The third-order valence-corrected chi connectivity index (χ3v) is 5.29. The Morgan fingerprint density at radius 1 is 1.38 bits per heavy atom. The van der Waals surface area contributed by atoms with Gasteiger partial charge in [-0.25, -0.2) is 4.79 Å². The highest BCUT2D eigenvalue weighted by molar-refractivity contribution is 6.03. The minimum absolute atomic E-state index is 0.00643. The smallest absolute Gasteiger partial charge is 0.335 e. The summed E-state index contributed by atoms with van der Waals surface area (Å²) >= 11 is 0. The van der Waals surface area contributed by atoms with Crippen molar-refractivity contribution in [3.8, 4) is 11.5 Å². The molecule has 1 saturated heterocycles. The first kappa shape index (κ1) is 18.6. The fourth-order valence-corrected chi connectivity index (χ4v) is 3.97. The van der Waals surface area contributed by atoms with Crippen molar-refractivity contribution in [3.05, 3.63) is 22.8 Å². The summed E-state index contributed by atoms with van der Waals surface area (Å²) in [5.74, 6) is -2.78. The maximum absolute atomic E-state index is 12.8. The van der Waals surface area contributed by atoms with Crippen LogP contribution in [-0.4, -0.2) is 55.2 Å². The molecule has 3 atom stereocenters. The van der Waals surface area contributed by atoms with E-state index >= 15 is 0 Å². The molecule has 0 aromatic heterocycles. The summed E-state index contributed by atoms with van der Waals surface area (Å²) in [6, 6.07) is 1.50. The molecule has 8 heteroatoms. The van der Waals surface area contributed by atoms with Crippen LogP contribution in [0, 0.1) is 0 Å². The zero-order valence-electron chi connectivity index (χ0n) is 15.1. The first-order valence-corrected chi connectivity index (χ1v) is 8.28. The van der Waals surface area contributed by atoms with Crippen molar-refractivity contribution in [3.63, 3.8) is 0 Å². The molecular weight excluding hydrogens is 344 g/mol. The third-order valence-electron chi connectivity index (χ3n) is 5.29. The topological polar surface area (TPSA) is 112 Å².